The minimum atomic E-state index is -1.02. The number of fused-ring (bicyclic) bond motifs is 1. The number of carboxylic acids is 1. The number of carbonyl (C=O) groups excluding carboxylic acids is 1. The Hall–Kier alpha value is -2.86. The Morgan fingerprint density at radius 2 is 1.77 bits per heavy atom. The number of esters is 1. The van der Waals surface area contributed by atoms with Crippen molar-refractivity contribution in [1.29, 1.82) is 0 Å². The zero-order chi connectivity index (χ0) is 16.1. The number of para-hydroxylation sites is 1. The molecule has 0 saturated carbocycles. The lowest BCUT2D eigenvalue weighted by atomic mass is 10.1. The molecule has 0 amide bonds. The quantitative estimate of drug-likeness (QED) is 0.742. The third-order valence-electron chi connectivity index (χ3n) is 3.02. The van der Waals surface area contributed by atoms with E-state index in [0.717, 1.165) is 5.56 Å². The van der Waals surface area contributed by atoms with Crippen LogP contribution in [0.4, 0.5) is 0 Å². The van der Waals surface area contributed by atoms with Gasteiger partial charge in [-0.1, -0.05) is 24.3 Å². The second kappa shape index (κ2) is 6.73. The highest BCUT2D eigenvalue weighted by molar-refractivity contribution is 6.00. The normalized spacial score (nSPS) is 12.9. The van der Waals surface area contributed by atoms with Crippen LogP contribution in [0.5, 0.6) is 11.5 Å². The molecule has 3 rings (SSSR count). The van der Waals surface area contributed by atoms with Gasteiger partial charge in [0.05, 0.1) is 0 Å². The van der Waals surface area contributed by atoms with Crippen LogP contribution in [0.25, 0.3) is 0 Å². The lowest BCUT2D eigenvalue weighted by molar-refractivity contribution is -0.138. The highest BCUT2D eigenvalue weighted by Crippen LogP contribution is 2.27. The SMILES string of the molecule is NC(Cc1ccc(O)cc1)C(=O)O.O=C1Oc2ccccc21. The van der Waals surface area contributed by atoms with Crippen molar-refractivity contribution in [3.05, 3.63) is 59.7 Å². The second-order valence-electron chi connectivity index (χ2n) is 4.70. The van der Waals surface area contributed by atoms with Gasteiger partial charge in [-0.05, 0) is 36.2 Å². The maximum Gasteiger partial charge on any atom is 0.347 e. The molecule has 1 unspecified atom stereocenters. The van der Waals surface area contributed by atoms with Crippen molar-refractivity contribution in [2.24, 2.45) is 5.73 Å². The van der Waals surface area contributed by atoms with E-state index in [1.807, 2.05) is 12.1 Å². The minimum Gasteiger partial charge on any atom is -0.508 e. The fourth-order valence-corrected chi connectivity index (χ4v) is 1.81. The van der Waals surface area contributed by atoms with Crippen molar-refractivity contribution in [1.82, 2.24) is 0 Å². The number of hydrogen-bond donors (Lipinski definition) is 3. The highest BCUT2D eigenvalue weighted by Gasteiger charge is 2.23. The van der Waals surface area contributed by atoms with Crippen LogP contribution in [0, 0.1) is 0 Å². The van der Waals surface area contributed by atoms with Crippen LogP contribution in [0.3, 0.4) is 0 Å². The summed E-state index contributed by atoms with van der Waals surface area (Å²) in [4.78, 5) is 20.9. The molecule has 0 aromatic heterocycles. The molecule has 0 saturated heterocycles. The number of ether oxygens (including phenoxy) is 1. The lowest BCUT2D eigenvalue weighted by Crippen LogP contribution is -2.32. The topological polar surface area (TPSA) is 110 Å². The smallest absolute Gasteiger partial charge is 0.347 e. The first-order valence-electron chi connectivity index (χ1n) is 6.55. The zero-order valence-corrected chi connectivity index (χ0v) is 11.6. The molecule has 0 aliphatic carbocycles. The van der Waals surface area contributed by atoms with E-state index in [9.17, 15) is 9.59 Å². The van der Waals surface area contributed by atoms with Crippen molar-refractivity contribution in [2.45, 2.75) is 12.5 Å². The maximum absolute atomic E-state index is 10.5. The molecule has 0 bridgehead atoms. The van der Waals surface area contributed by atoms with Gasteiger partial charge in [0.1, 0.15) is 23.1 Å². The number of phenols is 1. The Bertz CT molecular complexity index is 681. The summed E-state index contributed by atoms with van der Waals surface area (Å²) in [6, 6.07) is 12.6. The van der Waals surface area contributed by atoms with Crippen molar-refractivity contribution in [3.8, 4) is 11.5 Å². The van der Waals surface area contributed by atoms with Gasteiger partial charge in [0.25, 0.3) is 0 Å². The summed E-state index contributed by atoms with van der Waals surface area (Å²) >= 11 is 0. The molecule has 22 heavy (non-hydrogen) atoms. The molecule has 4 N–H and O–H groups in total. The molecule has 6 nitrogen and oxygen atoms in total. The van der Waals surface area contributed by atoms with Gasteiger partial charge in [0.15, 0.2) is 0 Å². The van der Waals surface area contributed by atoms with Gasteiger partial charge in [-0.3, -0.25) is 4.79 Å². The molecular formula is C16H15NO5. The molecule has 2 aromatic carbocycles. The number of benzene rings is 2. The van der Waals surface area contributed by atoms with Gasteiger partial charge in [-0.25, -0.2) is 4.79 Å². The van der Waals surface area contributed by atoms with Gasteiger partial charge >= 0.3 is 11.9 Å². The van der Waals surface area contributed by atoms with Gasteiger partial charge in [0, 0.05) is 0 Å². The van der Waals surface area contributed by atoms with E-state index in [1.54, 1.807) is 24.3 Å². The Balaban J connectivity index is 0.000000170. The van der Waals surface area contributed by atoms with Crippen molar-refractivity contribution in [3.63, 3.8) is 0 Å². The molecule has 1 aliphatic rings. The lowest BCUT2D eigenvalue weighted by Gasteiger charge is -2.15. The molecule has 2 aromatic rings. The monoisotopic (exact) mass is 301 g/mol. The summed E-state index contributed by atoms with van der Waals surface area (Å²) in [5.41, 5.74) is 6.82. The average Bonchev–Trinajstić information content (AvgIpc) is 2.49. The summed E-state index contributed by atoms with van der Waals surface area (Å²) in [6.07, 6.45) is 0.273. The first-order chi connectivity index (χ1) is 10.5. The van der Waals surface area contributed by atoms with Gasteiger partial charge in [0.2, 0.25) is 0 Å². The third-order valence-corrected chi connectivity index (χ3v) is 3.02. The van der Waals surface area contributed by atoms with E-state index in [1.165, 1.54) is 12.1 Å². The first-order valence-corrected chi connectivity index (χ1v) is 6.55. The van der Waals surface area contributed by atoms with Gasteiger partial charge < -0.3 is 20.7 Å². The van der Waals surface area contributed by atoms with Crippen molar-refractivity contribution >= 4 is 11.9 Å². The number of phenolic OH excluding ortho intramolecular Hbond substituents is 1. The molecule has 0 spiro atoms. The van der Waals surface area contributed by atoms with E-state index in [4.69, 9.17) is 15.9 Å². The van der Waals surface area contributed by atoms with Crippen molar-refractivity contribution in [2.75, 3.05) is 0 Å². The van der Waals surface area contributed by atoms with Crippen LogP contribution in [0.15, 0.2) is 48.5 Å². The molecule has 1 aliphatic heterocycles. The number of nitrogens with two attached hydrogens (primary N) is 1. The molecule has 6 heteroatoms. The standard InChI is InChI=1S/C9H11NO3.C7H4O2/c10-8(9(12)13)5-6-1-3-7(11)4-2-6;8-7-5-3-1-2-4-6(5)9-7/h1-4,8,11H,5,10H2,(H,12,13);1-4H. The largest absolute Gasteiger partial charge is 0.508 e. The summed E-state index contributed by atoms with van der Waals surface area (Å²) < 4.78 is 4.65. The third kappa shape index (κ3) is 3.83. The van der Waals surface area contributed by atoms with Gasteiger partial charge in [-0.2, -0.15) is 0 Å². The Morgan fingerprint density at radius 3 is 2.27 bits per heavy atom. The van der Waals surface area contributed by atoms with E-state index >= 15 is 0 Å². The second-order valence-corrected chi connectivity index (χ2v) is 4.70. The summed E-state index contributed by atoms with van der Waals surface area (Å²) in [5.74, 6) is -0.381. The van der Waals surface area contributed by atoms with Crippen LogP contribution in [-0.2, 0) is 11.2 Å². The number of hydrogen-bond acceptors (Lipinski definition) is 5. The van der Waals surface area contributed by atoms with E-state index < -0.39 is 12.0 Å². The predicted molar refractivity (Wildman–Crippen MR) is 78.8 cm³/mol. The number of aliphatic carboxylic acids is 1. The Morgan fingerprint density at radius 1 is 1.14 bits per heavy atom. The van der Waals surface area contributed by atoms with Crippen LogP contribution >= 0.6 is 0 Å². The molecule has 1 atom stereocenters. The van der Waals surface area contributed by atoms with Crippen LogP contribution in [-0.4, -0.2) is 28.2 Å². The molecule has 114 valence electrons. The van der Waals surface area contributed by atoms with Crippen LogP contribution in [0.1, 0.15) is 15.9 Å². The minimum absolute atomic E-state index is 0.160. The van der Waals surface area contributed by atoms with Crippen LogP contribution < -0.4 is 10.5 Å². The molecule has 1 heterocycles. The average molecular weight is 301 g/mol. The molecular weight excluding hydrogens is 286 g/mol. The molecule has 0 fully saturated rings. The van der Waals surface area contributed by atoms with Crippen LogP contribution in [0.2, 0.25) is 0 Å². The number of carbonyl (C=O) groups is 2. The Labute approximate surface area is 126 Å². The van der Waals surface area contributed by atoms with Crippen molar-refractivity contribution < 1.29 is 24.5 Å². The highest BCUT2D eigenvalue weighted by atomic mass is 16.6. The fourth-order valence-electron chi connectivity index (χ4n) is 1.81. The number of aromatic hydroxyl groups is 1. The number of carboxylic acid groups (broad SMARTS) is 1. The summed E-state index contributed by atoms with van der Waals surface area (Å²) in [7, 11) is 0. The fraction of sp³-hybridized carbons (Fsp3) is 0.125. The summed E-state index contributed by atoms with van der Waals surface area (Å²) in [6.45, 7) is 0. The van der Waals surface area contributed by atoms with Gasteiger partial charge in [-0.15, -0.1) is 0 Å². The first kappa shape index (κ1) is 15.5. The predicted octanol–water partition coefficient (Wildman–Crippen LogP) is 1.57. The van der Waals surface area contributed by atoms with E-state index in [0.29, 0.717) is 11.3 Å². The summed E-state index contributed by atoms with van der Waals surface area (Å²) in [5, 5.41) is 17.5. The molecule has 0 radical (unpaired) electrons. The van der Waals surface area contributed by atoms with E-state index in [-0.39, 0.29) is 18.1 Å². The number of rotatable bonds is 3. The Kier molecular flexibility index (Phi) is 4.75. The maximum atomic E-state index is 10.5. The van der Waals surface area contributed by atoms with E-state index in [2.05, 4.69) is 4.74 Å². The zero-order valence-electron chi connectivity index (χ0n) is 11.6.